The molecule has 0 heterocycles. The fourth-order valence-corrected chi connectivity index (χ4v) is 1.79. The minimum absolute atomic E-state index is 0.396. The highest BCUT2D eigenvalue weighted by atomic mass is 35.5. The number of benzene rings is 2. The van der Waals surface area contributed by atoms with Crippen molar-refractivity contribution in [2.75, 3.05) is 0 Å². The van der Waals surface area contributed by atoms with Gasteiger partial charge in [-0.2, -0.15) is 0 Å². The summed E-state index contributed by atoms with van der Waals surface area (Å²) in [5.74, 6) is 1.32. The Labute approximate surface area is 110 Å². The van der Waals surface area contributed by atoms with E-state index in [4.69, 9.17) is 33.7 Å². The molecule has 2 rings (SSSR count). The van der Waals surface area contributed by atoms with Gasteiger partial charge in [0.1, 0.15) is 11.5 Å². The first kappa shape index (κ1) is 12.2. The van der Waals surface area contributed by atoms with Crippen molar-refractivity contribution in [3.05, 3.63) is 58.1 Å². The molecule has 88 valence electrons. The van der Waals surface area contributed by atoms with E-state index in [2.05, 4.69) is 0 Å². The van der Waals surface area contributed by atoms with Gasteiger partial charge in [-0.15, -0.1) is 0 Å². The number of hydrogen-bond acceptors (Lipinski definition) is 2. The molecule has 0 aliphatic rings. The van der Waals surface area contributed by atoms with Crippen LogP contribution in [0.5, 0.6) is 11.5 Å². The minimum Gasteiger partial charge on any atom is -0.457 e. The SMILES string of the molecule is NCc1ccc(Cl)cc1Oc1cccc(Cl)c1. The Bertz CT molecular complexity index is 529. The van der Waals surface area contributed by atoms with E-state index < -0.39 is 0 Å². The molecular formula is C13H11Cl2NO. The molecule has 0 radical (unpaired) electrons. The highest BCUT2D eigenvalue weighted by Crippen LogP contribution is 2.29. The van der Waals surface area contributed by atoms with E-state index in [9.17, 15) is 0 Å². The second kappa shape index (κ2) is 5.41. The van der Waals surface area contributed by atoms with E-state index in [0.717, 1.165) is 5.56 Å². The molecule has 2 aromatic carbocycles. The zero-order chi connectivity index (χ0) is 12.3. The fourth-order valence-electron chi connectivity index (χ4n) is 1.45. The average molecular weight is 268 g/mol. The Morgan fingerprint density at radius 3 is 2.47 bits per heavy atom. The molecule has 4 heteroatoms. The van der Waals surface area contributed by atoms with Crippen LogP contribution in [-0.4, -0.2) is 0 Å². The summed E-state index contributed by atoms with van der Waals surface area (Å²) in [7, 11) is 0. The molecule has 0 saturated carbocycles. The lowest BCUT2D eigenvalue weighted by atomic mass is 10.2. The van der Waals surface area contributed by atoms with E-state index in [1.807, 2.05) is 18.2 Å². The Balaban J connectivity index is 2.32. The summed E-state index contributed by atoms with van der Waals surface area (Å²) in [6.07, 6.45) is 0. The highest BCUT2D eigenvalue weighted by Gasteiger charge is 2.05. The Morgan fingerprint density at radius 2 is 1.76 bits per heavy atom. The van der Waals surface area contributed by atoms with E-state index in [1.165, 1.54) is 0 Å². The molecule has 2 nitrogen and oxygen atoms in total. The van der Waals surface area contributed by atoms with Crippen LogP contribution in [0.1, 0.15) is 5.56 Å². The third kappa shape index (κ3) is 3.13. The molecule has 0 aliphatic carbocycles. The van der Waals surface area contributed by atoms with Crippen LogP contribution < -0.4 is 10.5 Å². The maximum absolute atomic E-state index is 5.92. The maximum Gasteiger partial charge on any atom is 0.133 e. The first-order valence-corrected chi connectivity index (χ1v) is 5.86. The molecule has 0 amide bonds. The zero-order valence-corrected chi connectivity index (χ0v) is 10.5. The summed E-state index contributed by atoms with van der Waals surface area (Å²) < 4.78 is 5.71. The summed E-state index contributed by atoms with van der Waals surface area (Å²) in [4.78, 5) is 0. The van der Waals surface area contributed by atoms with E-state index >= 15 is 0 Å². The molecule has 0 bridgehead atoms. The number of halogens is 2. The van der Waals surface area contributed by atoms with Crippen LogP contribution in [0.2, 0.25) is 10.0 Å². The first-order valence-electron chi connectivity index (χ1n) is 5.11. The lowest BCUT2D eigenvalue weighted by Gasteiger charge is -2.10. The first-order chi connectivity index (χ1) is 8.19. The molecule has 2 aromatic rings. The Kier molecular flexibility index (Phi) is 3.89. The molecule has 0 aromatic heterocycles. The van der Waals surface area contributed by atoms with E-state index in [0.29, 0.717) is 28.1 Å². The van der Waals surface area contributed by atoms with E-state index in [1.54, 1.807) is 24.3 Å². The van der Waals surface area contributed by atoms with Crippen molar-refractivity contribution in [1.82, 2.24) is 0 Å². The monoisotopic (exact) mass is 267 g/mol. The number of hydrogen-bond donors (Lipinski definition) is 1. The smallest absolute Gasteiger partial charge is 0.133 e. The Morgan fingerprint density at radius 1 is 1.00 bits per heavy atom. The standard InChI is InChI=1S/C13H11Cl2NO/c14-10-2-1-3-12(6-10)17-13-7-11(15)5-4-9(13)8-16/h1-7H,8,16H2. The van der Waals surface area contributed by atoms with Gasteiger partial charge in [-0.05, 0) is 30.3 Å². The van der Waals surface area contributed by atoms with Crippen LogP contribution in [0.4, 0.5) is 0 Å². The number of rotatable bonds is 3. The second-order valence-electron chi connectivity index (χ2n) is 3.52. The number of ether oxygens (including phenoxy) is 1. The van der Waals surface area contributed by atoms with Gasteiger partial charge in [0.15, 0.2) is 0 Å². The van der Waals surface area contributed by atoms with Gasteiger partial charge in [-0.25, -0.2) is 0 Å². The highest BCUT2D eigenvalue weighted by molar-refractivity contribution is 6.31. The lowest BCUT2D eigenvalue weighted by Crippen LogP contribution is -1.99. The lowest BCUT2D eigenvalue weighted by molar-refractivity contribution is 0.476. The molecule has 0 saturated heterocycles. The molecule has 17 heavy (non-hydrogen) atoms. The molecule has 2 N–H and O–H groups in total. The summed E-state index contributed by atoms with van der Waals surface area (Å²) in [5.41, 5.74) is 6.53. The summed E-state index contributed by atoms with van der Waals surface area (Å²) in [6, 6.07) is 12.6. The van der Waals surface area contributed by atoms with Crippen molar-refractivity contribution >= 4 is 23.2 Å². The topological polar surface area (TPSA) is 35.2 Å². The van der Waals surface area contributed by atoms with Crippen molar-refractivity contribution in [3.8, 4) is 11.5 Å². The van der Waals surface area contributed by atoms with Crippen LogP contribution in [0.25, 0.3) is 0 Å². The maximum atomic E-state index is 5.92. The quantitative estimate of drug-likeness (QED) is 0.903. The molecule has 0 aliphatic heterocycles. The van der Waals surface area contributed by atoms with Crippen LogP contribution in [0, 0.1) is 0 Å². The van der Waals surface area contributed by atoms with Crippen molar-refractivity contribution in [2.24, 2.45) is 5.73 Å². The van der Waals surface area contributed by atoms with Crippen molar-refractivity contribution < 1.29 is 4.74 Å². The summed E-state index contributed by atoms with van der Waals surface area (Å²) in [6.45, 7) is 0.396. The van der Waals surface area contributed by atoms with Gasteiger partial charge >= 0.3 is 0 Å². The van der Waals surface area contributed by atoms with Gasteiger partial charge in [-0.1, -0.05) is 35.3 Å². The molecular weight excluding hydrogens is 257 g/mol. The van der Waals surface area contributed by atoms with Crippen LogP contribution >= 0.6 is 23.2 Å². The van der Waals surface area contributed by atoms with E-state index in [-0.39, 0.29) is 0 Å². The van der Waals surface area contributed by atoms with Gasteiger partial charge in [0.25, 0.3) is 0 Å². The van der Waals surface area contributed by atoms with Gasteiger partial charge in [-0.3, -0.25) is 0 Å². The van der Waals surface area contributed by atoms with Crippen LogP contribution in [0.3, 0.4) is 0 Å². The van der Waals surface area contributed by atoms with Crippen molar-refractivity contribution in [3.63, 3.8) is 0 Å². The van der Waals surface area contributed by atoms with Gasteiger partial charge in [0.2, 0.25) is 0 Å². The summed E-state index contributed by atoms with van der Waals surface area (Å²) in [5, 5.41) is 1.23. The third-order valence-corrected chi connectivity index (χ3v) is 2.74. The molecule has 0 unspecified atom stereocenters. The zero-order valence-electron chi connectivity index (χ0n) is 8.99. The van der Waals surface area contributed by atoms with Crippen LogP contribution in [-0.2, 0) is 6.54 Å². The number of nitrogens with two attached hydrogens (primary N) is 1. The fraction of sp³-hybridized carbons (Fsp3) is 0.0769. The predicted octanol–water partition coefficient (Wildman–Crippen LogP) is 4.24. The molecule has 0 atom stereocenters. The minimum atomic E-state index is 0.396. The van der Waals surface area contributed by atoms with Gasteiger partial charge in [0.05, 0.1) is 0 Å². The van der Waals surface area contributed by atoms with Crippen molar-refractivity contribution in [2.45, 2.75) is 6.54 Å². The van der Waals surface area contributed by atoms with Crippen molar-refractivity contribution in [1.29, 1.82) is 0 Å². The van der Waals surface area contributed by atoms with Crippen LogP contribution in [0.15, 0.2) is 42.5 Å². The van der Waals surface area contributed by atoms with Gasteiger partial charge < -0.3 is 10.5 Å². The average Bonchev–Trinajstić information content (AvgIpc) is 2.29. The normalized spacial score (nSPS) is 10.3. The Hall–Kier alpha value is -1.22. The molecule has 0 fully saturated rings. The molecule has 0 spiro atoms. The largest absolute Gasteiger partial charge is 0.457 e. The third-order valence-electron chi connectivity index (χ3n) is 2.27. The van der Waals surface area contributed by atoms with Gasteiger partial charge in [0, 0.05) is 22.2 Å². The summed E-state index contributed by atoms with van der Waals surface area (Å²) >= 11 is 11.8. The second-order valence-corrected chi connectivity index (χ2v) is 4.39. The predicted molar refractivity (Wildman–Crippen MR) is 70.9 cm³/mol.